The molecule has 0 spiro atoms. The van der Waals surface area contributed by atoms with Crippen LogP contribution in [0.4, 0.5) is 0 Å². The minimum absolute atomic E-state index is 0.0594. The predicted molar refractivity (Wildman–Crippen MR) is 85.6 cm³/mol. The Kier molecular flexibility index (Phi) is 6.38. The van der Waals surface area contributed by atoms with E-state index in [1.54, 1.807) is 18.3 Å². The van der Waals surface area contributed by atoms with Crippen molar-refractivity contribution < 1.29 is 19.4 Å². The van der Waals surface area contributed by atoms with Crippen molar-refractivity contribution in [1.29, 1.82) is 0 Å². The average Bonchev–Trinajstić information content (AvgIpc) is 2.56. The van der Waals surface area contributed by atoms with Crippen molar-refractivity contribution in [2.24, 2.45) is 0 Å². The van der Waals surface area contributed by atoms with E-state index in [9.17, 15) is 9.59 Å². The fraction of sp³-hybridized carbons (Fsp3) is 0.588. The minimum Gasteiger partial charge on any atom is -0.481 e. The normalized spacial score (nSPS) is 15.2. The van der Waals surface area contributed by atoms with Gasteiger partial charge in [-0.3, -0.25) is 9.59 Å². The Morgan fingerprint density at radius 1 is 1.35 bits per heavy atom. The Balaban J connectivity index is 2.01. The first kappa shape index (κ1) is 17.2. The molecule has 0 radical (unpaired) electrons. The maximum Gasteiger partial charge on any atom is 0.305 e. The number of carbonyl (C=O) groups excluding carboxylic acids is 1. The van der Waals surface area contributed by atoms with Gasteiger partial charge >= 0.3 is 5.97 Å². The first-order valence-electron chi connectivity index (χ1n) is 8.24. The van der Waals surface area contributed by atoms with Gasteiger partial charge < -0.3 is 14.7 Å². The molecular formula is C17H24N2O4. The highest BCUT2D eigenvalue weighted by Crippen LogP contribution is 2.22. The molecule has 1 aromatic heterocycles. The van der Waals surface area contributed by atoms with E-state index in [1.807, 2.05) is 6.92 Å². The van der Waals surface area contributed by atoms with E-state index >= 15 is 0 Å². The van der Waals surface area contributed by atoms with Gasteiger partial charge in [0, 0.05) is 30.9 Å². The van der Waals surface area contributed by atoms with Crippen LogP contribution in [0.2, 0.25) is 0 Å². The molecule has 6 nitrogen and oxygen atoms in total. The summed E-state index contributed by atoms with van der Waals surface area (Å²) in [5, 5.41) is 8.77. The van der Waals surface area contributed by atoms with Crippen molar-refractivity contribution in [3.63, 3.8) is 0 Å². The number of rotatable bonds is 7. The second-order valence-electron chi connectivity index (χ2n) is 5.79. The zero-order valence-corrected chi connectivity index (χ0v) is 13.5. The van der Waals surface area contributed by atoms with E-state index in [2.05, 4.69) is 4.98 Å². The van der Waals surface area contributed by atoms with Gasteiger partial charge in [-0.15, -0.1) is 0 Å². The first-order valence-corrected chi connectivity index (χ1v) is 8.24. The number of hydrogen-bond donors (Lipinski definition) is 1. The molecule has 1 aromatic rings. The highest BCUT2D eigenvalue weighted by atomic mass is 16.5. The third-order valence-electron chi connectivity index (χ3n) is 4.09. The number of aliphatic carboxylic acids is 1. The number of carbonyl (C=O) groups is 2. The second-order valence-corrected chi connectivity index (χ2v) is 5.79. The lowest BCUT2D eigenvalue weighted by atomic mass is 9.98. The summed E-state index contributed by atoms with van der Waals surface area (Å²) in [4.78, 5) is 28.9. The quantitative estimate of drug-likeness (QED) is 0.835. The SMILES string of the molecule is CCN(CCC(=O)O)C(=O)c1ccnc(OC2CCCCC2)c1. The molecule has 0 aromatic carbocycles. The monoisotopic (exact) mass is 320 g/mol. The van der Waals surface area contributed by atoms with Crippen molar-refractivity contribution in [2.45, 2.75) is 51.6 Å². The number of aromatic nitrogens is 1. The molecule has 1 saturated carbocycles. The van der Waals surface area contributed by atoms with E-state index in [0.29, 0.717) is 18.0 Å². The number of amides is 1. The predicted octanol–water partition coefficient (Wildman–Crippen LogP) is 2.73. The molecule has 2 rings (SSSR count). The van der Waals surface area contributed by atoms with Gasteiger partial charge in [0.25, 0.3) is 5.91 Å². The van der Waals surface area contributed by atoms with E-state index < -0.39 is 5.97 Å². The summed E-state index contributed by atoms with van der Waals surface area (Å²) in [7, 11) is 0. The molecule has 6 heteroatoms. The first-order chi connectivity index (χ1) is 11.1. The van der Waals surface area contributed by atoms with Crippen LogP contribution < -0.4 is 4.74 Å². The van der Waals surface area contributed by atoms with Crippen LogP contribution in [-0.4, -0.2) is 46.1 Å². The van der Waals surface area contributed by atoms with Crippen LogP contribution in [0.5, 0.6) is 5.88 Å². The standard InChI is InChI=1S/C17H24N2O4/c1-2-19(11-9-16(20)21)17(22)13-8-10-18-15(12-13)23-14-6-4-3-5-7-14/h8,10,12,14H,2-7,9,11H2,1H3,(H,20,21). The van der Waals surface area contributed by atoms with Crippen LogP contribution in [0.3, 0.4) is 0 Å². The number of hydrogen-bond acceptors (Lipinski definition) is 4. The highest BCUT2D eigenvalue weighted by molar-refractivity contribution is 5.94. The second kappa shape index (κ2) is 8.50. The van der Waals surface area contributed by atoms with Gasteiger partial charge in [-0.25, -0.2) is 4.98 Å². The Bertz CT molecular complexity index is 541. The number of carboxylic acid groups (broad SMARTS) is 1. The summed E-state index contributed by atoms with van der Waals surface area (Å²) in [6.07, 6.45) is 7.33. The minimum atomic E-state index is -0.910. The fourth-order valence-corrected chi connectivity index (χ4v) is 2.78. The molecule has 1 N–H and O–H groups in total. The molecule has 1 heterocycles. The molecule has 23 heavy (non-hydrogen) atoms. The molecule has 0 unspecified atom stereocenters. The van der Waals surface area contributed by atoms with Crippen molar-refractivity contribution in [1.82, 2.24) is 9.88 Å². The Hall–Kier alpha value is -2.11. The zero-order valence-electron chi connectivity index (χ0n) is 13.5. The lowest BCUT2D eigenvalue weighted by Gasteiger charge is -2.23. The van der Waals surface area contributed by atoms with E-state index in [0.717, 1.165) is 12.8 Å². The van der Waals surface area contributed by atoms with E-state index in [4.69, 9.17) is 9.84 Å². The average molecular weight is 320 g/mol. The summed E-state index contributed by atoms with van der Waals surface area (Å²) in [5.74, 6) is -0.631. The third-order valence-corrected chi connectivity index (χ3v) is 4.09. The lowest BCUT2D eigenvalue weighted by molar-refractivity contribution is -0.137. The number of ether oxygens (including phenoxy) is 1. The van der Waals surface area contributed by atoms with Gasteiger partial charge in [0.1, 0.15) is 6.10 Å². The summed E-state index contributed by atoms with van der Waals surface area (Å²) >= 11 is 0. The van der Waals surface area contributed by atoms with Gasteiger partial charge in [0.15, 0.2) is 0 Å². The highest BCUT2D eigenvalue weighted by Gasteiger charge is 2.18. The molecule has 126 valence electrons. The molecule has 1 aliphatic rings. The zero-order chi connectivity index (χ0) is 16.7. The maximum absolute atomic E-state index is 12.5. The molecule has 1 aliphatic carbocycles. The van der Waals surface area contributed by atoms with Gasteiger partial charge in [-0.1, -0.05) is 6.42 Å². The summed E-state index contributed by atoms with van der Waals surface area (Å²) in [6.45, 7) is 2.50. The van der Waals surface area contributed by atoms with Crippen LogP contribution in [0.1, 0.15) is 55.8 Å². The smallest absolute Gasteiger partial charge is 0.305 e. The van der Waals surface area contributed by atoms with Gasteiger partial charge in [-0.05, 0) is 38.7 Å². The fourth-order valence-electron chi connectivity index (χ4n) is 2.78. The molecular weight excluding hydrogens is 296 g/mol. The van der Waals surface area contributed by atoms with Crippen molar-refractivity contribution in [3.8, 4) is 5.88 Å². The van der Waals surface area contributed by atoms with Crippen molar-refractivity contribution in [3.05, 3.63) is 23.9 Å². The molecule has 0 aliphatic heterocycles. The Morgan fingerprint density at radius 2 is 2.09 bits per heavy atom. The number of pyridine rings is 1. The largest absolute Gasteiger partial charge is 0.481 e. The van der Waals surface area contributed by atoms with Gasteiger partial charge in [0.05, 0.1) is 6.42 Å². The molecule has 0 atom stereocenters. The Morgan fingerprint density at radius 3 is 2.74 bits per heavy atom. The number of carboxylic acids is 1. The van der Waals surface area contributed by atoms with Crippen molar-refractivity contribution >= 4 is 11.9 Å². The van der Waals surface area contributed by atoms with Gasteiger partial charge in [-0.2, -0.15) is 0 Å². The molecule has 1 amide bonds. The van der Waals surface area contributed by atoms with E-state index in [-0.39, 0.29) is 25.0 Å². The summed E-state index contributed by atoms with van der Waals surface area (Å²) in [6, 6.07) is 3.29. The van der Waals surface area contributed by atoms with Crippen LogP contribution >= 0.6 is 0 Å². The number of nitrogens with zero attached hydrogens (tertiary/aromatic N) is 2. The van der Waals surface area contributed by atoms with Crippen LogP contribution in [0.25, 0.3) is 0 Å². The Labute approximate surface area is 136 Å². The lowest BCUT2D eigenvalue weighted by Crippen LogP contribution is -2.33. The topological polar surface area (TPSA) is 79.7 Å². The maximum atomic E-state index is 12.5. The van der Waals surface area contributed by atoms with Crippen LogP contribution in [0.15, 0.2) is 18.3 Å². The van der Waals surface area contributed by atoms with Crippen LogP contribution in [0, 0.1) is 0 Å². The summed E-state index contributed by atoms with van der Waals surface area (Å²) < 4.78 is 5.88. The third kappa shape index (κ3) is 5.23. The molecule has 1 fully saturated rings. The van der Waals surface area contributed by atoms with Crippen molar-refractivity contribution in [2.75, 3.05) is 13.1 Å². The molecule has 0 saturated heterocycles. The molecule has 0 bridgehead atoms. The summed E-state index contributed by atoms with van der Waals surface area (Å²) in [5.41, 5.74) is 0.484. The van der Waals surface area contributed by atoms with E-state index in [1.165, 1.54) is 24.2 Å². The van der Waals surface area contributed by atoms with Crippen LogP contribution in [-0.2, 0) is 4.79 Å². The van der Waals surface area contributed by atoms with Gasteiger partial charge in [0.2, 0.25) is 5.88 Å².